The van der Waals surface area contributed by atoms with Gasteiger partial charge in [-0.25, -0.2) is 22.3 Å². The highest BCUT2D eigenvalue weighted by Gasteiger charge is 2.36. The molecule has 110 valence electrons. The highest BCUT2D eigenvalue weighted by Crippen LogP contribution is 2.33. The Morgan fingerprint density at radius 3 is 2.45 bits per heavy atom. The van der Waals surface area contributed by atoms with Crippen LogP contribution in [-0.2, 0) is 10.0 Å². The fraction of sp³-hybridized carbons (Fsp3) is 0.462. The first-order valence-corrected chi connectivity index (χ1v) is 7.70. The van der Waals surface area contributed by atoms with E-state index in [1.54, 1.807) is 6.92 Å². The second-order valence-electron chi connectivity index (χ2n) is 5.43. The lowest BCUT2D eigenvalue weighted by atomic mass is 9.80. The van der Waals surface area contributed by atoms with Crippen molar-refractivity contribution in [3.05, 3.63) is 29.1 Å². The summed E-state index contributed by atoms with van der Waals surface area (Å²) in [5.74, 6) is -2.40. The van der Waals surface area contributed by atoms with Gasteiger partial charge >= 0.3 is 5.97 Å². The van der Waals surface area contributed by atoms with Crippen LogP contribution in [-0.4, -0.2) is 25.0 Å². The average molecular weight is 301 g/mol. The Balaban J connectivity index is 2.44. The van der Waals surface area contributed by atoms with Crippen LogP contribution in [0.4, 0.5) is 4.39 Å². The lowest BCUT2D eigenvalue weighted by Crippen LogP contribution is -2.50. The normalized spacial score (nSPS) is 17.6. The van der Waals surface area contributed by atoms with Crippen molar-refractivity contribution >= 4 is 16.0 Å². The molecule has 1 fully saturated rings. The highest BCUT2D eigenvalue weighted by atomic mass is 32.2. The number of carbonyl (C=O) groups is 1. The Bertz CT molecular complexity index is 665. The zero-order chi connectivity index (χ0) is 15.1. The van der Waals surface area contributed by atoms with Crippen molar-refractivity contribution in [1.82, 2.24) is 4.72 Å². The Labute approximate surface area is 116 Å². The number of benzene rings is 1. The molecule has 0 spiro atoms. The molecule has 1 aliphatic rings. The van der Waals surface area contributed by atoms with E-state index in [2.05, 4.69) is 4.72 Å². The quantitative estimate of drug-likeness (QED) is 0.891. The van der Waals surface area contributed by atoms with Crippen LogP contribution in [0.3, 0.4) is 0 Å². The standard InChI is InChI=1S/C13H16FNO4S/c1-8-6-9(7-10(11(8)14)12(16)17)20(18,19)15-13(2)4-3-5-13/h6-7,15H,3-5H2,1-2H3,(H,16,17). The predicted molar refractivity (Wildman–Crippen MR) is 70.7 cm³/mol. The summed E-state index contributed by atoms with van der Waals surface area (Å²) < 4.78 is 40.7. The van der Waals surface area contributed by atoms with Crippen molar-refractivity contribution in [3.63, 3.8) is 0 Å². The van der Waals surface area contributed by atoms with E-state index in [0.717, 1.165) is 31.4 Å². The fourth-order valence-electron chi connectivity index (χ4n) is 2.24. The molecule has 1 aromatic carbocycles. The van der Waals surface area contributed by atoms with Gasteiger partial charge in [0.1, 0.15) is 5.82 Å². The number of aromatic carboxylic acids is 1. The summed E-state index contributed by atoms with van der Waals surface area (Å²) in [7, 11) is -3.85. The molecule has 0 atom stereocenters. The van der Waals surface area contributed by atoms with Crippen molar-refractivity contribution < 1.29 is 22.7 Å². The number of hydrogen-bond donors (Lipinski definition) is 2. The van der Waals surface area contributed by atoms with Crippen molar-refractivity contribution in [2.45, 2.75) is 43.5 Å². The van der Waals surface area contributed by atoms with Gasteiger partial charge in [-0.2, -0.15) is 0 Å². The summed E-state index contributed by atoms with van der Waals surface area (Å²) >= 11 is 0. The van der Waals surface area contributed by atoms with Gasteiger partial charge in [0.2, 0.25) is 10.0 Å². The SMILES string of the molecule is Cc1cc(S(=O)(=O)NC2(C)CCC2)cc(C(=O)O)c1F. The van der Waals surface area contributed by atoms with Crippen molar-refractivity contribution in [1.29, 1.82) is 0 Å². The van der Waals surface area contributed by atoms with Gasteiger partial charge in [0.15, 0.2) is 0 Å². The summed E-state index contributed by atoms with van der Waals surface area (Å²) in [5, 5.41) is 8.91. The number of aryl methyl sites for hydroxylation is 1. The summed E-state index contributed by atoms with van der Waals surface area (Å²) in [4.78, 5) is 10.7. The molecule has 7 heteroatoms. The molecule has 0 unspecified atom stereocenters. The van der Waals surface area contributed by atoms with Crippen molar-refractivity contribution in [2.24, 2.45) is 0 Å². The van der Waals surface area contributed by atoms with Gasteiger partial charge in [-0.3, -0.25) is 0 Å². The summed E-state index contributed by atoms with van der Waals surface area (Å²) in [6, 6.07) is 2.00. The fourth-order valence-corrected chi connectivity index (χ4v) is 3.82. The molecule has 20 heavy (non-hydrogen) atoms. The summed E-state index contributed by atoms with van der Waals surface area (Å²) in [6.07, 6.45) is 2.41. The topological polar surface area (TPSA) is 83.5 Å². The van der Waals surface area contributed by atoms with Gasteiger partial charge in [0.05, 0.1) is 10.5 Å². The second kappa shape index (κ2) is 4.82. The van der Waals surface area contributed by atoms with Gasteiger partial charge in [-0.15, -0.1) is 0 Å². The van der Waals surface area contributed by atoms with Crippen LogP contribution in [0.15, 0.2) is 17.0 Å². The third-order valence-electron chi connectivity index (χ3n) is 3.61. The molecular formula is C13H16FNO4S. The smallest absolute Gasteiger partial charge is 0.338 e. The third kappa shape index (κ3) is 2.69. The van der Waals surface area contributed by atoms with E-state index in [-0.39, 0.29) is 10.5 Å². The zero-order valence-electron chi connectivity index (χ0n) is 11.2. The molecular weight excluding hydrogens is 285 g/mol. The minimum absolute atomic E-state index is 0.0102. The van der Waals surface area contributed by atoms with Crippen LogP contribution in [0.5, 0.6) is 0 Å². The average Bonchev–Trinajstić information content (AvgIpc) is 2.29. The lowest BCUT2D eigenvalue weighted by molar-refractivity contribution is 0.0691. The molecule has 0 bridgehead atoms. The summed E-state index contributed by atoms with van der Waals surface area (Å²) in [6.45, 7) is 3.13. The largest absolute Gasteiger partial charge is 0.478 e. The van der Waals surface area contributed by atoms with Gasteiger partial charge in [0.25, 0.3) is 0 Å². The first kappa shape index (κ1) is 14.9. The minimum atomic E-state index is -3.85. The van der Waals surface area contributed by atoms with Gasteiger partial charge in [-0.1, -0.05) is 0 Å². The Morgan fingerprint density at radius 2 is 2.00 bits per heavy atom. The Morgan fingerprint density at radius 1 is 1.40 bits per heavy atom. The van der Waals surface area contributed by atoms with Crippen LogP contribution >= 0.6 is 0 Å². The zero-order valence-corrected chi connectivity index (χ0v) is 12.1. The number of nitrogens with one attached hydrogen (secondary N) is 1. The molecule has 1 aliphatic carbocycles. The van der Waals surface area contributed by atoms with Crippen molar-refractivity contribution in [3.8, 4) is 0 Å². The van der Waals surface area contributed by atoms with Crippen LogP contribution in [0.2, 0.25) is 0 Å². The molecule has 0 heterocycles. The van der Waals surface area contributed by atoms with Crippen LogP contribution in [0, 0.1) is 12.7 Å². The maximum atomic E-state index is 13.6. The van der Waals surface area contributed by atoms with E-state index < -0.39 is 32.9 Å². The number of sulfonamides is 1. The molecule has 0 saturated heterocycles. The Hall–Kier alpha value is -1.47. The van der Waals surface area contributed by atoms with E-state index in [9.17, 15) is 17.6 Å². The first-order chi connectivity index (χ1) is 9.15. The number of carboxylic acids is 1. The highest BCUT2D eigenvalue weighted by molar-refractivity contribution is 7.89. The van der Waals surface area contributed by atoms with Crippen molar-refractivity contribution in [2.75, 3.05) is 0 Å². The molecule has 0 amide bonds. The number of hydrogen-bond acceptors (Lipinski definition) is 3. The molecule has 2 N–H and O–H groups in total. The Kier molecular flexibility index (Phi) is 3.60. The van der Waals surface area contributed by atoms with E-state index in [1.807, 2.05) is 0 Å². The molecule has 0 radical (unpaired) electrons. The monoisotopic (exact) mass is 301 g/mol. The summed E-state index contributed by atoms with van der Waals surface area (Å²) in [5.41, 5.74) is -1.14. The van der Waals surface area contributed by atoms with E-state index in [4.69, 9.17) is 5.11 Å². The molecule has 2 rings (SSSR count). The van der Waals surface area contributed by atoms with E-state index >= 15 is 0 Å². The molecule has 0 aliphatic heterocycles. The van der Waals surface area contributed by atoms with Crippen LogP contribution in [0.25, 0.3) is 0 Å². The van der Waals surface area contributed by atoms with E-state index in [0.29, 0.717) is 0 Å². The van der Waals surface area contributed by atoms with Gasteiger partial charge in [-0.05, 0) is 50.8 Å². The van der Waals surface area contributed by atoms with Gasteiger partial charge < -0.3 is 5.11 Å². The molecule has 5 nitrogen and oxygen atoms in total. The molecule has 1 aromatic rings. The van der Waals surface area contributed by atoms with E-state index in [1.165, 1.54) is 6.92 Å². The lowest BCUT2D eigenvalue weighted by Gasteiger charge is -2.38. The molecule has 0 aromatic heterocycles. The maximum Gasteiger partial charge on any atom is 0.338 e. The number of halogens is 1. The molecule has 1 saturated carbocycles. The maximum absolute atomic E-state index is 13.6. The van der Waals surface area contributed by atoms with Crippen LogP contribution < -0.4 is 4.72 Å². The van der Waals surface area contributed by atoms with Gasteiger partial charge in [0, 0.05) is 5.54 Å². The number of carboxylic acid groups (broad SMARTS) is 1. The number of rotatable bonds is 4. The third-order valence-corrected chi connectivity index (χ3v) is 5.22. The van der Waals surface area contributed by atoms with Crippen LogP contribution in [0.1, 0.15) is 42.1 Å². The predicted octanol–water partition coefficient (Wildman–Crippen LogP) is 2.05. The first-order valence-electron chi connectivity index (χ1n) is 6.22. The minimum Gasteiger partial charge on any atom is -0.478 e. The second-order valence-corrected chi connectivity index (χ2v) is 7.11.